The van der Waals surface area contributed by atoms with Crippen molar-refractivity contribution < 1.29 is 14.7 Å². The lowest BCUT2D eigenvalue weighted by atomic mass is 10.2. The summed E-state index contributed by atoms with van der Waals surface area (Å²) in [6.07, 6.45) is 1.54. The first-order valence-electron chi connectivity index (χ1n) is 8.04. The van der Waals surface area contributed by atoms with Crippen molar-refractivity contribution in [2.75, 3.05) is 36.8 Å². The highest BCUT2D eigenvalue weighted by molar-refractivity contribution is 8.00. The molecule has 7 heteroatoms. The van der Waals surface area contributed by atoms with Crippen LogP contribution in [0.15, 0.2) is 53.7 Å². The van der Waals surface area contributed by atoms with E-state index in [2.05, 4.69) is 22.0 Å². The molecule has 0 aliphatic carbocycles. The van der Waals surface area contributed by atoms with Gasteiger partial charge in [-0.1, -0.05) is 30.0 Å². The second kappa shape index (κ2) is 8.02. The van der Waals surface area contributed by atoms with E-state index in [-0.39, 0.29) is 17.2 Å². The fraction of sp³-hybridized carbons (Fsp3) is 0.278. The number of hydrogen-bond donors (Lipinski definition) is 1. The molecular formula is C18H19N3O3S. The molecule has 0 spiro atoms. The van der Waals surface area contributed by atoms with Gasteiger partial charge in [-0.3, -0.25) is 4.79 Å². The van der Waals surface area contributed by atoms with Crippen molar-refractivity contribution in [1.29, 1.82) is 0 Å². The number of carboxylic acid groups (broad SMARTS) is 1. The lowest BCUT2D eigenvalue weighted by Gasteiger charge is -2.36. The molecular weight excluding hydrogens is 338 g/mol. The number of aromatic carboxylic acids is 1. The van der Waals surface area contributed by atoms with Crippen molar-refractivity contribution in [3.63, 3.8) is 0 Å². The van der Waals surface area contributed by atoms with E-state index in [1.807, 2.05) is 23.1 Å². The summed E-state index contributed by atoms with van der Waals surface area (Å²) in [5.74, 6) is -0.818. The first-order chi connectivity index (χ1) is 12.1. The third kappa shape index (κ3) is 4.30. The average molecular weight is 357 g/mol. The number of amides is 1. The molecule has 1 aromatic heterocycles. The smallest absolute Gasteiger partial charge is 0.338 e. The molecule has 25 heavy (non-hydrogen) atoms. The molecule has 0 saturated carbocycles. The maximum absolute atomic E-state index is 12.4. The summed E-state index contributed by atoms with van der Waals surface area (Å²) in [5.41, 5.74) is 1.30. The molecule has 1 N–H and O–H groups in total. The van der Waals surface area contributed by atoms with Crippen LogP contribution < -0.4 is 4.90 Å². The highest BCUT2D eigenvalue weighted by Crippen LogP contribution is 2.21. The summed E-state index contributed by atoms with van der Waals surface area (Å²) in [5, 5.41) is 9.54. The summed E-state index contributed by atoms with van der Waals surface area (Å²) >= 11 is 1.18. The molecule has 130 valence electrons. The van der Waals surface area contributed by atoms with E-state index in [1.54, 1.807) is 6.07 Å². The van der Waals surface area contributed by atoms with E-state index in [0.717, 1.165) is 13.1 Å². The Labute approximate surface area is 150 Å². The third-order valence-electron chi connectivity index (χ3n) is 4.09. The Balaban J connectivity index is 1.53. The molecule has 1 amide bonds. The highest BCUT2D eigenvalue weighted by Gasteiger charge is 2.22. The van der Waals surface area contributed by atoms with E-state index in [4.69, 9.17) is 5.11 Å². The predicted molar refractivity (Wildman–Crippen MR) is 97.2 cm³/mol. The lowest BCUT2D eigenvalue weighted by molar-refractivity contribution is -0.128. The fourth-order valence-electron chi connectivity index (χ4n) is 2.74. The van der Waals surface area contributed by atoms with Crippen LogP contribution in [0.1, 0.15) is 10.4 Å². The topological polar surface area (TPSA) is 73.7 Å². The number of para-hydroxylation sites is 1. The first-order valence-corrected chi connectivity index (χ1v) is 9.02. The standard InChI is InChI=1S/C18H19N3O3S/c22-16(13-25-17-15(18(23)24)7-4-8-19-17)21-11-9-20(10-12-21)14-5-2-1-3-6-14/h1-8H,9-13H2,(H,23,24). The second-order valence-corrected chi connectivity index (χ2v) is 6.62. The van der Waals surface area contributed by atoms with Gasteiger partial charge in [-0.25, -0.2) is 9.78 Å². The minimum atomic E-state index is -1.03. The van der Waals surface area contributed by atoms with Crippen LogP contribution in [0, 0.1) is 0 Å². The zero-order valence-electron chi connectivity index (χ0n) is 13.7. The molecule has 1 aliphatic rings. The number of benzene rings is 1. The Kier molecular flexibility index (Phi) is 5.55. The van der Waals surface area contributed by atoms with Crippen LogP contribution in [0.3, 0.4) is 0 Å². The van der Waals surface area contributed by atoms with Gasteiger partial charge in [0.2, 0.25) is 5.91 Å². The van der Waals surface area contributed by atoms with Crippen molar-refractivity contribution in [2.45, 2.75) is 5.03 Å². The second-order valence-electron chi connectivity index (χ2n) is 5.65. The van der Waals surface area contributed by atoms with Gasteiger partial charge in [0.15, 0.2) is 0 Å². The number of carbonyl (C=O) groups excluding carboxylic acids is 1. The number of pyridine rings is 1. The zero-order valence-corrected chi connectivity index (χ0v) is 14.5. The third-order valence-corrected chi connectivity index (χ3v) is 5.08. The number of hydrogen-bond acceptors (Lipinski definition) is 5. The van der Waals surface area contributed by atoms with Crippen molar-refractivity contribution in [3.8, 4) is 0 Å². The molecule has 0 atom stereocenters. The van der Waals surface area contributed by atoms with Crippen LogP contribution in [0.4, 0.5) is 5.69 Å². The molecule has 1 aromatic carbocycles. The number of anilines is 1. The molecule has 1 aliphatic heterocycles. The van der Waals surface area contributed by atoms with Gasteiger partial charge in [-0.2, -0.15) is 0 Å². The largest absolute Gasteiger partial charge is 0.478 e. The fourth-order valence-corrected chi connectivity index (χ4v) is 3.63. The highest BCUT2D eigenvalue weighted by atomic mass is 32.2. The summed E-state index contributed by atoms with van der Waals surface area (Å²) in [6, 6.07) is 13.2. The number of carbonyl (C=O) groups is 2. The molecule has 2 heterocycles. The lowest BCUT2D eigenvalue weighted by Crippen LogP contribution is -2.49. The van der Waals surface area contributed by atoms with Crippen LogP contribution >= 0.6 is 11.8 Å². The number of thioether (sulfide) groups is 1. The van der Waals surface area contributed by atoms with E-state index < -0.39 is 5.97 Å². The van der Waals surface area contributed by atoms with Gasteiger partial charge in [0, 0.05) is 38.1 Å². The minimum absolute atomic E-state index is 0.0136. The molecule has 0 unspecified atom stereocenters. The van der Waals surface area contributed by atoms with Crippen LogP contribution in [-0.2, 0) is 4.79 Å². The molecule has 1 saturated heterocycles. The number of rotatable bonds is 5. The quantitative estimate of drug-likeness (QED) is 0.827. The number of carboxylic acids is 1. The van der Waals surface area contributed by atoms with Crippen molar-refractivity contribution in [2.24, 2.45) is 0 Å². The maximum atomic E-state index is 12.4. The average Bonchev–Trinajstić information content (AvgIpc) is 2.67. The van der Waals surface area contributed by atoms with Crippen LogP contribution in [-0.4, -0.2) is 58.8 Å². The number of piperazine rings is 1. The van der Waals surface area contributed by atoms with Crippen molar-refractivity contribution >= 4 is 29.3 Å². The Morgan fingerprint density at radius 2 is 1.76 bits per heavy atom. The van der Waals surface area contributed by atoms with Gasteiger partial charge in [0.25, 0.3) is 0 Å². The van der Waals surface area contributed by atoms with Gasteiger partial charge >= 0.3 is 5.97 Å². The molecule has 0 radical (unpaired) electrons. The first kappa shape index (κ1) is 17.3. The van der Waals surface area contributed by atoms with Crippen LogP contribution in [0.2, 0.25) is 0 Å². The summed E-state index contributed by atoms with van der Waals surface area (Å²) < 4.78 is 0. The maximum Gasteiger partial charge on any atom is 0.338 e. The van der Waals surface area contributed by atoms with Crippen LogP contribution in [0.25, 0.3) is 0 Å². The van der Waals surface area contributed by atoms with Crippen molar-refractivity contribution in [3.05, 3.63) is 54.2 Å². The normalized spacial score (nSPS) is 14.4. The Morgan fingerprint density at radius 1 is 1.04 bits per heavy atom. The van der Waals surface area contributed by atoms with Gasteiger partial charge in [-0.05, 0) is 24.3 Å². The zero-order chi connectivity index (χ0) is 17.6. The van der Waals surface area contributed by atoms with Gasteiger partial charge in [-0.15, -0.1) is 0 Å². The Bertz CT molecular complexity index is 746. The van der Waals surface area contributed by atoms with E-state index >= 15 is 0 Å². The van der Waals surface area contributed by atoms with Gasteiger partial charge < -0.3 is 14.9 Å². The number of nitrogens with zero attached hydrogens (tertiary/aromatic N) is 3. The number of aromatic nitrogens is 1. The molecule has 3 rings (SSSR count). The molecule has 6 nitrogen and oxygen atoms in total. The van der Waals surface area contributed by atoms with E-state index in [9.17, 15) is 9.59 Å². The van der Waals surface area contributed by atoms with E-state index in [0.29, 0.717) is 18.1 Å². The summed E-state index contributed by atoms with van der Waals surface area (Å²) in [6.45, 7) is 2.93. The summed E-state index contributed by atoms with van der Waals surface area (Å²) in [4.78, 5) is 31.8. The Morgan fingerprint density at radius 3 is 2.44 bits per heavy atom. The Hall–Kier alpha value is -2.54. The summed E-state index contributed by atoms with van der Waals surface area (Å²) in [7, 11) is 0. The monoisotopic (exact) mass is 357 g/mol. The van der Waals surface area contributed by atoms with Gasteiger partial charge in [0.1, 0.15) is 5.03 Å². The van der Waals surface area contributed by atoms with Crippen molar-refractivity contribution in [1.82, 2.24) is 9.88 Å². The minimum Gasteiger partial charge on any atom is -0.478 e. The van der Waals surface area contributed by atoms with E-state index in [1.165, 1.54) is 29.7 Å². The molecule has 1 fully saturated rings. The van der Waals surface area contributed by atoms with Crippen LogP contribution in [0.5, 0.6) is 0 Å². The molecule has 0 bridgehead atoms. The SMILES string of the molecule is O=C(O)c1cccnc1SCC(=O)N1CCN(c2ccccc2)CC1. The predicted octanol–water partition coefficient (Wildman–Crippen LogP) is 2.22. The van der Waals surface area contributed by atoms with Gasteiger partial charge in [0.05, 0.1) is 11.3 Å². The molecule has 2 aromatic rings.